The molecule has 0 saturated carbocycles. The highest BCUT2D eigenvalue weighted by molar-refractivity contribution is 6.35. The summed E-state index contributed by atoms with van der Waals surface area (Å²) in [6.45, 7) is 3.56. The Balaban J connectivity index is 1.44. The fourth-order valence-corrected chi connectivity index (χ4v) is 4.18. The highest BCUT2D eigenvalue weighted by Crippen LogP contribution is 2.36. The molecule has 0 unspecified atom stereocenters. The number of carbonyl (C=O) groups is 2. The summed E-state index contributed by atoms with van der Waals surface area (Å²) in [5.41, 5.74) is 1.52. The first-order chi connectivity index (χ1) is 16.6. The van der Waals surface area contributed by atoms with E-state index in [-0.39, 0.29) is 31.7 Å². The van der Waals surface area contributed by atoms with Gasteiger partial charge in [0.15, 0.2) is 11.5 Å². The molecule has 0 aliphatic carbocycles. The molecule has 2 aliphatic heterocycles. The average Bonchev–Trinajstić information content (AvgIpc) is 3.33. The molecule has 2 aromatic rings. The zero-order chi connectivity index (χ0) is 23.9. The molecule has 9 nitrogen and oxygen atoms in total. The van der Waals surface area contributed by atoms with Gasteiger partial charge in [0, 0.05) is 46.4 Å². The number of para-hydroxylation sites is 1. The largest absolute Gasteiger partial charge is 0.454 e. The van der Waals surface area contributed by atoms with Crippen molar-refractivity contribution in [3.63, 3.8) is 0 Å². The highest BCUT2D eigenvalue weighted by atomic mass is 19.1. The summed E-state index contributed by atoms with van der Waals surface area (Å²) >= 11 is 0. The zero-order valence-corrected chi connectivity index (χ0v) is 19.1. The van der Waals surface area contributed by atoms with Crippen molar-refractivity contribution in [2.24, 2.45) is 0 Å². The van der Waals surface area contributed by atoms with Crippen LogP contribution in [0.2, 0.25) is 0 Å². The lowest BCUT2D eigenvalue weighted by Gasteiger charge is -2.40. The quantitative estimate of drug-likeness (QED) is 0.442. The molecule has 0 spiro atoms. The lowest BCUT2D eigenvalue weighted by Crippen LogP contribution is -2.51. The highest BCUT2D eigenvalue weighted by Gasteiger charge is 2.28. The molecule has 2 N–H and O–H groups in total. The van der Waals surface area contributed by atoms with Gasteiger partial charge in [-0.25, -0.2) is 4.39 Å². The van der Waals surface area contributed by atoms with Crippen LogP contribution in [0.25, 0.3) is 0 Å². The van der Waals surface area contributed by atoms with Crippen LogP contribution in [-0.4, -0.2) is 76.5 Å². The number of hydrogen-bond donors (Lipinski definition) is 2. The van der Waals surface area contributed by atoms with Crippen LogP contribution in [0.15, 0.2) is 42.5 Å². The third kappa shape index (κ3) is 5.57. The lowest BCUT2D eigenvalue weighted by molar-refractivity contribution is -0.139. The molecule has 182 valence electrons. The smallest absolute Gasteiger partial charge is 0.309 e. The van der Waals surface area contributed by atoms with Crippen molar-refractivity contribution >= 4 is 17.5 Å². The number of benzene rings is 2. The second kappa shape index (κ2) is 11.2. The van der Waals surface area contributed by atoms with Crippen LogP contribution in [0.4, 0.5) is 10.1 Å². The molecule has 2 amide bonds. The molecule has 2 aliphatic rings. The van der Waals surface area contributed by atoms with Gasteiger partial charge in [0.1, 0.15) is 5.82 Å². The van der Waals surface area contributed by atoms with Crippen LogP contribution >= 0.6 is 0 Å². The van der Waals surface area contributed by atoms with Gasteiger partial charge in [-0.3, -0.25) is 14.5 Å². The van der Waals surface area contributed by atoms with E-state index in [9.17, 15) is 14.0 Å². The Labute approximate surface area is 197 Å². The van der Waals surface area contributed by atoms with Crippen molar-refractivity contribution in [1.82, 2.24) is 15.5 Å². The number of amides is 2. The van der Waals surface area contributed by atoms with Gasteiger partial charge in [-0.15, -0.1) is 0 Å². The van der Waals surface area contributed by atoms with Crippen molar-refractivity contribution in [2.75, 3.05) is 64.7 Å². The number of nitrogens with one attached hydrogen (secondary N) is 2. The van der Waals surface area contributed by atoms with Gasteiger partial charge in [-0.1, -0.05) is 18.2 Å². The predicted octanol–water partition coefficient (Wildman–Crippen LogP) is 1.30. The molecule has 0 aromatic heterocycles. The van der Waals surface area contributed by atoms with Gasteiger partial charge in [-0.2, -0.15) is 0 Å². The number of halogens is 1. The Bertz CT molecular complexity index is 1010. The monoisotopic (exact) mass is 472 g/mol. The van der Waals surface area contributed by atoms with Crippen molar-refractivity contribution in [1.29, 1.82) is 0 Å². The van der Waals surface area contributed by atoms with E-state index in [0.29, 0.717) is 50.0 Å². The standard InChI is InChI=1S/C24H29FN4O5/c1-32-13-8-26-23(30)24(31)27-15-20(17-6-7-21-22(14-17)34-16-33-21)29-11-9-28(10-12-29)19-5-3-2-4-18(19)25/h2-7,14,20H,8-13,15-16H2,1H3,(H,26,30)(H,27,31)/t20-/m0/s1. The maximum atomic E-state index is 14.2. The van der Waals surface area contributed by atoms with Crippen LogP contribution < -0.4 is 25.0 Å². The van der Waals surface area contributed by atoms with Crippen LogP contribution in [0.3, 0.4) is 0 Å². The van der Waals surface area contributed by atoms with E-state index in [0.717, 1.165) is 5.56 Å². The molecule has 1 fully saturated rings. The van der Waals surface area contributed by atoms with Crippen LogP contribution in [0, 0.1) is 5.82 Å². The molecule has 1 saturated heterocycles. The molecule has 10 heteroatoms. The second-order valence-electron chi connectivity index (χ2n) is 8.06. The second-order valence-corrected chi connectivity index (χ2v) is 8.06. The minimum Gasteiger partial charge on any atom is -0.454 e. The number of nitrogens with zero attached hydrogens (tertiary/aromatic N) is 2. The van der Waals surface area contributed by atoms with Crippen molar-refractivity contribution in [3.05, 3.63) is 53.8 Å². The van der Waals surface area contributed by atoms with E-state index in [1.165, 1.54) is 13.2 Å². The third-order valence-electron chi connectivity index (χ3n) is 5.98. The summed E-state index contributed by atoms with van der Waals surface area (Å²) in [7, 11) is 1.52. The molecule has 0 radical (unpaired) electrons. The van der Waals surface area contributed by atoms with Crippen molar-refractivity contribution < 1.29 is 28.2 Å². The Hall–Kier alpha value is -3.37. The molecule has 1 atom stereocenters. The van der Waals surface area contributed by atoms with Gasteiger partial charge in [0.05, 0.1) is 18.3 Å². The van der Waals surface area contributed by atoms with E-state index >= 15 is 0 Å². The van der Waals surface area contributed by atoms with E-state index in [2.05, 4.69) is 15.5 Å². The summed E-state index contributed by atoms with van der Waals surface area (Å²) in [6.07, 6.45) is 0. The molecule has 2 heterocycles. The average molecular weight is 473 g/mol. The number of fused-ring (bicyclic) bond motifs is 1. The molecule has 2 aromatic carbocycles. The summed E-state index contributed by atoms with van der Waals surface area (Å²) < 4.78 is 30.1. The summed E-state index contributed by atoms with van der Waals surface area (Å²) in [5, 5.41) is 5.27. The van der Waals surface area contributed by atoms with Crippen molar-refractivity contribution in [2.45, 2.75) is 6.04 Å². The molecule has 34 heavy (non-hydrogen) atoms. The summed E-state index contributed by atoms with van der Waals surface area (Å²) in [5.74, 6) is -0.322. The topological polar surface area (TPSA) is 92.4 Å². The fourth-order valence-electron chi connectivity index (χ4n) is 4.18. The van der Waals surface area contributed by atoms with Crippen LogP contribution in [0.1, 0.15) is 11.6 Å². The number of ether oxygens (including phenoxy) is 3. The Morgan fingerprint density at radius 2 is 1.76 bits per heavy atom. The first-order valence-corrected chi connectivity index (χ1v) is 11.2. The first-order valence-electron chi connectivity index (χ1n) is 11.2. The van der Waals surface area contributed by atoms with E-state index in [4.69, 9.17) is 14.2 Å². The maximum Gasteiger partial charge on any atom is 0.309 e. The van der Waals surface area contributed by atoms with Gasteiger partial charge in [0.2, 0.25) is 6.79 Å². The SMILES string of the molecule is COCCNC(=O)C(=O)NC[C@@H](c1ccc2c(c1)OCO2)N1CCN(c2ccccc2F)CC1. The Kier molecular flexibility index (Phi) is 7.81. The van der Waals surface area contributed by atoms with Gasteiger partial charge >= 0.3 is 11.8 Å². The number of carbonyl (C=O) groups excluding carboxylic acids is 2. The maximum absolute atomic E-state index is 14.2. The third-order valence-corrected chi connectivity index (χ3v) is 5.98. The van der Waals surface area contributed by atoms with E-state index in [1.807, 2.05) is 29.2 Å². The summed E-state index contributed by atoms with van der Waals surface area (Å²) in [6, 6.07) is 12.2. The molecule has 4 rings (SSSR count). The number of rotatable bonds is 8. The number of hydrogen-bond acceptors (Lipinski definition) is 7. The van der Waals surface area contributed by atoms with Gasteiger partial charge in [-0.05, 0) is 29.8 Å². The number of piperazine rings is 1. The van der Waals surface area contributed by atoms with E-state index in [1.54, 1.807) is 12.1 Å². The minimum atomic E-state index is -0.703. The fraction of sp³-hybridized carbons (Fsp3) is 0.417. The van der Waals surface area contributed by atoms with Crippen molar-refractivity contribution in [3.8, 4) is 11.5 Å². The Morgan fingerprint density at radius 1 is 1.03 bits per heavy atom. The zero-order valence-electron chi connectivity index (χ0n) is 19.1. The van der Waals surface area contributed by atoms with Crippen LogP contribution in [0.5, 0.6) is 11.5 Å². The lowest BCUT2D eigenvalue weighted by atomic mass is 10.0. The first kappa shape index (κ1) is 23.8. The number of anilines is 1. The Morgan fingerprint density at radius 3 is 2.53 bits per heavy atom. The van der Waals surface area contributed by atoms with Crippen LogP contribution in [-0.2, 0) is 14.3 Å². The predicted molar refractivity (Wildman–Crippen MR) is 123 cm³/mol. The molecular weight excluding hydrogens is 443 g/mol. The van der Waals surface area contributed by atoms with Gasteiger partial charge in [0.25, 0.3) is 0 Å². The normalized spacial score (nSPS) is 16.2. The van der Waals surface area contributed by atoms with E-state index < -0.39 is 11.8 Å². The number of methoxy groups -OCH3 is 1. The molecular formula is C24H29FN4O5. The molecule has 0 bridgehead atoms. The minimum absolute atomic E-state index is 0.170. The summed E-state index contributed by atoms with van der Waals surface area (Å²) in [4.78, 5) is 28.6. The van der Waals surface area contributed by atoms with Gasteiger partial charge < -0.3 is 29.7 Å².